The maximum Gasteiger partial charge on any atom is 0.201 e. The molecule has 2 aromatic carbocycles. The van der Waals surface area contributed by atoms with Crippen molar-refractivity contribution in [1.29, 1.82) is 0 Å². The van der Waals surface area contributed by atoms with Gasteiger partial charge in [0, 0.05) is 79.9 Å². The van der Waals surface area contributed by atoms with Gasteiger partial charge < -0.3 is 24.3 Å². The van der Waals surface area contributed by atoms with Gasteiger partial charge in [-0.05, 0) is 74.4 Å². The predicted molar refractivity (Wildman–Crippen MR) is 185 cm³/mol. The minimum atomic E-state index is -0.764. The van der Waals surface area contributed by atoms with E-state index in [2.05, 4.69) is 35.0 Å². The third-order valence-electron chi connectivity index (χ3n) is 11.9. The van der Waals surface area contributed by atoms with E-state index in [0.29, 0.717) is 23.5 Å². The standard InChI is InChI=1S/C37H49ClN4O6/c1-23-5-9-30-24(2)34(45-35-37(30)29(23)11-12-36(3,46-35)47-48-37)44-20-19-42-17-15-41(16-18-42)14-13-39-33-27-8-6-25(38)21-32(27)40-31-10-7-26(43-4)22-28(31)33/h6-8,10,21-24,29-30,34-35H,5,9,11-20H2,1-4H3,(H,39,40)/t23-,24-,29+,30+,34+,35-,36?,37-/m1/s1. The number of hydrogen-bond donors (Lipinski definition) is 1. The van der Waals surface area contributed by atoms with Crippen molar-refractivity contribution in [1.82, 2.24) is 14.8 Å². The summed E-state index contributed by atoms with van der Waals surface area (Å²) in [4.78, 5) is 22.1. The first-order valence-electron chi connectivity index (χ1n) is 17.8. The highest BCUT2D eigenvalue weighted by Gasteiger charge is 2.69. The van der Waals surface area contributed by atoms with Crippen molar-refractivity contribution in [3.05, 3.63) is 41.4 Å². The summed E-state index contributed by atoms with van der Waals surface area (Å²) < 4.78 is 25.1. The Labute approximate surface area is 288 Å². The van der Waals surface area contributed by atoms with Crippen molar-refractivity contribution in [3.63, 3.8) is 0 Å². The first-order chi connectivity index (χ1) is 23.3. The number of benzene rings is 2. The molecule has 10 nitrogen and oxygen atoms in total. The lowest BCUT2D eigenvalue weighted by atomic mass is 9.58. The van der Waals surface area contributed by atoms with Crippen molar-refractivity contribution < 1.29 is 28.7 Å². The smallest absolute Gasteiger partial charge is 0.201 e. The van der Waals surface area contributed by atoms with Crippen LogP contribution in [-0.4, -0.2) is 98.3 Å². The van der Waals surface area contributed by atoms with Crippen molar-refractivity contribution >= 4 is 39.1 Å². The van der Waals surface area contributed by atoms with Crippen LogP contribution in [0.4, 0.5) is 5.69 Å². The Morgan fingerprint density at radius 1 is 0.938 bits per heavy atom. The summed E-state index contributed by atoms with van der Waals surface area (Å²) in [6, 6.07) is 11.9. The van der Waals surface area contributed by atoms with Gasteiger partial charge in [-0.25, -0.2) is 14.8 Å². The van der Waals surface area contributed by atoms with Crippen molar-refractivity contribution in [2.75, 3.05) is 64.8 Å². The van der Waals surface area contributed by atoms with E-state index in [1.54, 1.807) is 7.11 Å². The number of nitrogens with one attached hydrogen (secondary N) is 1. The Kier molecular flexibility index (Phi) is 8.99. The molecular weight excluding hydrogens is 632 g/mol. The SMILES string of the molecule is COc1ccc2nc3cc(Cl)ccc3c(NCCN3CCN(CCO[C@H]4O[C@@H]5OC6(C)CC[C@H]7[C@H](C)CC[C@@H]([C@H]4C)[C@@]57OO6)CC3)c2c1. The maximum absolute atomic E-state index is 6.62. The summed E-state index contributed by atoms with van der Waals surface area (Å²) in [6.45, 7) is 14.0. The first-order valence-corrected chi connectivity index (χ1v) is 18.2. The molecule has 3 aromatic rings. The van der Waals surface area contributed by atoms with E-state index in [-0.39, 0.29) is 18.1 Å². The molecular formula is C37H49ClN4O6. The van der Waals surface area contributed by atoms with Gasteiger partial charge >= 0.3 is 0 Å². The number of methoxy groups -OCH3 is 1. The van der Waals surface area contributed by atoms with Gasteiger partial charge in [-0.15, -0.1) is 0 Å². The first kappa shape index (κ1) is 32.9. The molecule has 6 heterocycles. The Morgan fingerprint density at radius 3 is 2.56 bits per heavy atom. The molecule has 260 valence electrons. The van der Waals surface area contributed by atoms with Gasteiger partial charge in [0.2, 0.25) is 5.79 Å². The van der Waals surface area contributed by atoms with Gasteiger partial charge in [0.25, 0.3) is 0 Å². The van der Waals surface area contributed by atoms with E-state index in [0.717, 1.165) is 98.3 Å². The lowest BCUT2D eigenvalue weighted by molar-refractivity contribution is -0.577. The van der Waals surface area contributed by atoms with E-state index < -0.39 is 17.7 Å². The lowest BCUT2D eigenvalue weighted by Crippen LogP contribution is -2.70. The fourth-order valence-corrected chi connectivity index (χ4v) is 9.32. The van der Waals surface area contributed by atoms with Gasteiger partial charge in [0.1, 0.15) is 5.75 Å². The van der Waals surface area contributed by atoms with Gasteiger partial charge in [-0.3, -0.25) is 9.80 Å². The Bertz CT molecular complexity index is 1640. The zero-order chi connectivity index (χ0) is 33.0. The van der Waals surface area contributed by atoms with Crippen molar-refractivity contribution in [2.45, 2.75) is 70.4 Å². The third-order valence-corrected chi connectivity index (χ3v) is 12.2. The van der Waals surface area contributed by atoms with Crippen LogP contribution in [0.25, 0.3) is 21.8 Å². The second-order valence-corrected chi connectivity index (χ2v) is 15.2. The molecule has 1 unspecified atom stereocenters. The summed E-state index contributed by atoms with van der Waals surface area (Å²) >= 11 is 6.32. The molecule has 1 aliphatic carbocycles. The summed E-state index contributed by atoms with van der Waals surface area (Å²) in [7, 11) is 1.69. The molecule has 1 aromatic heterocycles. The number of pyridine rings is 1. The molecule has 5 saturated heterocycles. The van der Waals surface area contributed by atoms with Crippen LogP contribution in [0.3, 0.4) is 0 Å². The summed E-state index contributed by atoms with van der Waals surface area (Å²) in [5.41, 5.74) is 2.32. The summed E-state index contributed by atoms with van der Waals surface area (Å²) in [6.07, 6.45) is 3.36. The van der Waals surface area contributed by atoms with Crippen LogP contribution in [0.1, 0.15) is 46.5 Å². The molecule has 0 radical (unpaired) electrons. The molecule has 2 bridgehead atoms. The minimum absolute atomic E-state index is 0.197. The number of nitrogens with zero attached hydrogens (tertiary/aromatic N) is 3. The van der Waals surface area contributed by atoms with Crippen molar-refractivity contribution in [2.24, 2.45) is 23.7 Å². The second-order valence-electron chi connectivity index (χ2n) is 14.8. The van der Waals surface area contributed by atoms with Crippen LogP contribution in [-0.2, 0) is 24.0 Å². The second kappa shape index (κ2) is 13.1. The quantitative estimate of drug-likeness (QED) is 0.205. The van der Waals surface area contributed by atoms with Crippen LogP contribution in [0.2, 0.25) is 5.02 Å². The molecule has 8 atom stereocenters. The zero-order valence-corrected chi connectivity index (χ0v) is 29.3. The number of rotatable bonds is 9. The van der Waals surface area contributed by atoms with Crippen molar-refractivity contribution in [3.8, 4) is 5.75 Å². The van der Waals surface area contributed by atoms with Crippen LogP contribution in [0.5, 0.6) is 5.75 Å². The van der Waals surface area contributed by atoms with E-state index >= 15 is 0 Å². The number of fused-ring (bicyclic) bond motifs is 4. The number of ether oxygens (including phenoxy) is 4. The van der Waals surface area contributed by atoms with Crippen LogP contribution in [0, 0.1) is 23.7 Å². The van der Waals surface area contributed by atoms with Crippen LogP contribution >= 0.6 is 11.6 Å². The lowest BCUT2D eigenvalue weighted by Gasteiger charge is -2.60. The number of halogens is 1. The highest BCUT2D eigenvalue weighted by atomic mass is 35.5. The number of anilines is 1. The zero-order valence-electron chi connectivity index (χ0n) is 28.6. The molecule has 0 amide bonds. The molecule has 48 heavy (non-hydrogen) atoms. The van der Waals surface area contributed by atoms with Crippen LogP contribution < -0.4 is 10.1 Å². The molecule has 5 aliphatic heterocycles. The fourth-order valence-electron chi connectivity index (χ4n) is 9.15. The minimum Gasteiger partial charge on any atom is -0.497 e. The molecule has 9 rings (SSSR count). The molecule has 1 spiro atoms. The van der Waals surface area contributed by atoms with Gasteiger partial charge in [0.15, 0.2) is 18.2 Å². The normalized spacial score (nSPS) is 35.4. The molecule has 1 N–H and O–H groups in total. The highest BCUT2D eigenvalue weighted by Crippen LogP contribution is 2.60. The average molecular weight is 681 g/mol. The molecule has 6 aliphatic rings. The topological polar surface area (TPSA) is 86.8 Å². The predicted octanol–water partition coefficient (Wildman–Crippen LogP) is 6.30. The Hall–Kier alpha value is -2.28. The van der Waals surface area contributed by atoms with Crippen LogP contribution in [0.15, 0.2) is 36.4 Å². The fraction of sp³-hybridized carbons (Fsp3) is 0.649. The summed E-state index contributed by atoms with van der Waals surface area (Å²) in [5, 5.41) is 6.52. The highest BCUT2D eigenvalue weighted by molar-refractivity contribution is 6.31. The largest absolute Gasteiger partial charge is 0.497 e. The molecule has 6 fully saturated rings. The van der Waals surface area contributed by atoms with Gasteiger partial charge in [-0.2, -0.15) is 0 Å². The van der Waals surface area contributed by atoms with E-state index in [4.69, 9.17) is 45.3 Å². The summed E-state index contributed by atoms with van der Waals surface area (Å²) in [5.74, 6) is 1.45. The monoisotopic (exact) mass is 680 g/mol. The van der Waals surface area contributed by atoms with E-state index in [9.17, 15) is 0 Å². The maximum atomic E-state index is 6.62. The Balaban J connectivity index is 0.840. The third kappa shape index (κ3) is 5.86. The molecule has 11 heteroatoms. The van der Waals surface area contributed by atoms with Gasteiger partial charge in [0.05, 0.1) is 30.4 Å². The number of piperazine rings is 1. The van der Waals surface area contributed by atoms with E-state index in [1.807, 2.05) is 37.3 Å². The number of aromatic nitrogens is 1. The van der Waals surface area contributed by atoms with Gasteiger partial charge in [-0.1, -0.05) is 25.4 Å². The number of hydrogen-bond acceptors (Lipinski definition) is 10. The average Bonchev–Trinajstić information content (AvgIpc) is 3.32. The Morgan fingerprint density at radius 2 is 1.75 bits per heavy atom. The van der Waals surface area contributed by atoms with E-state index in [1.165, 1.54) is 6.42 Å². The molecule has 1 saturated carbocycles.